The average Bonchev–Trinajstić information content (AvgIpc) is 2.61. The van der Waals surface area contributed by atoms with E-state index < -0.39 is 5.97 Å². The largest absolute Gasteiger partial charge is 0.480 e. The van der Waals surface area contributed by atoms with E-state index in [0.29, 0.717) is 11.6 Å². The molecule has 2 rings (SSSR count). The van der Waals surface area contributed by atoms with Gasteiger partial charge in [-0.25, -0.2) is 0 Å². The predicted molar refractivity (Wildman–Crippen MR) is 66.3 cm³/mol. The third kappa shape index (κ3) is 2.72. The quantitative estimate of drug-likeness (QED) is 0.831. The molecule has 2 N–H and O–H groups in total. The number of carbonyl (C=O) groups excluding carboxylic acids is 1. The summed E-state index contributed by atoms with van der Waals surface area (Å²) < 4.78 is 1.45. The van der Waals surface area contributed by atoms with Crippen LogP contribution in [0.25, 0.3) is 0 Å². The van der Waals surface area contributed by atoms with Gasteiger partial charge in [-0.15, -0.1) is 0 Å². The molecule has 1 saturated carbocycles. The second kappa shape index (κ2) is 5.25. The topological polar surface area (TPSA) is 71.3 Å². The molecule has 1 aliphatic rings. The van der Waals surface area contributed by atoms with E-state index in [2.05, 4.69) is 5.32 Å². The first-order valence-corrected chi connectivity index (χ1v) is 6.25. The SMILES string of the molecule is CC(NC(=O)c1cccn1CC(=O)O)C1CCC1. The molecule has 0 radical (unpaired) electrons. The summed E-state index contributed by atoms with van der Waals surface area (Å²) in [5.41, 5.74) is 0.406. The summed E-state index contributed by atoms with van der Waals surface area (Å²) in [4.78, 5) is 22.7. The molecule has 0 saturated heterocycles. The van der Waals surface area contributed by atoms with Gasteiger partial charge in [0.1, 0.15) is 12.2 Å². The molecule has 1 aliphatic carbocycles. The summed E-state index contributed by atoms with van der Waals surface area (Å²) in [5, 5.41) is 11.7. The smallest absolute Gasteiger partial charge is 0.323 e. The highest BCUT2D eigenvalue weighted by atomic mass is 16.4. The van der Waals surface area contributed by atoms with Crippen molar-refractivity contribution in [3.8, 4) is 0 Å². The maximum absolute atomic E-state index is 12.0. The van der Waals surface area contributed by atoms with Crippen molar-refractivity contribution in [2.75, 3.05) is 0 Å². The van der Waals surface area contributed by atoms with Gasteiger partial charge in [-0.3, -0.25) is 9.59 Å². The first kappa shape index (κ1) is 12.7. The molecule has 98 valence electrons. The van der Waals surface area contributed by atoms with Crippen LogP contribution in [0.3, 0.4) is 0 Å². The highest BCUT2D eigenvalue weighted by molar-refractivity contribution is 5.93. The molecule has 5 nitrogen and oxygen atoms in total. The molecule has 1 unspecified atom stereocenters. The van der Waals surface area contributed by atoms with Gasteiger partial charge < -0.3 is 15.0 Å². The van der Waals surface area contributed by atoms with Gasteiger partial charge in [-0.1, -0.05) is 6.42 Å². The predicted octanol–water partition coefficient (Wildman–Crippen LogP) is 1.49. The number of hydrogen-bond donors (Lipinski definition) is 2. The van der Waals surface area contributed by atoms with E-state index in [-0.39, 0.29) is 18.5 Å². The van der Waals surface area contributed by atoms with Crippen LogP contribution in [0.5, 0.6) is 0 Å². The van der Waals surface area contributed by atoms with Crippen molar-refractivity contribution < 1.29 is 14.7 Å². The number of rotatable bonds is 5. The molecule has 0 aromatic carbocycles. The molecule has 1 amide bonds. The van der Waals surface area contributed by atoms with E-state index in [1.165, 1.54) is 11.0 Å². The summed E-state index contributed by atoms with van der Waals surface area (Å²) in [6.07, 6.45) is 5.17. The highest BCUT2D eigenvalue weighted by Crippen LogP contribution is 2.29. The van der Waals surface area contributed by atoms with Crippen LogP contribution in [-0.4, -0.2) is 27.6 Å². The van der Waals surface area contributed by atoms with E-state index >= 15 is 0 Å². The fourth-order valence-corrected chi connectivity index (χ4v) is 2.24. The third-order valence-electron chi connectivity index (χ3n) is 3.58. The van der Waals surface area contributed by atoms with Crippen molar-refractivity contribution in [2.45, 2.75) is 38.8 Å². The number of nitrogens with one attached hydrogen (secondary N) is 1. The number of nitrogens with zero attached hydrogens (tertiary/aromatic N) is 1. The number of aliphatic carboxylic acids is 1. The number of carboxylic acid groups (broad SMARTS) is 1. The second-order valence-electron chi connectivity index (χ2n) is 4.87. The molecule has 1 atom stereocenters. The normalized spacial score (nSPS) is 16.9. The lowest BCUT2D eigenvalue weighted by atomic mass is 9.80. The van der Waals surface area contributed by atoms with Gasteiger partial charge in [-0.2, -0.15) is 0 Å². The van der Waals surface area contributed by atoms with Crippen LogP contribution in [0.2, 0.25) is 0 Å². The number of carbonyl (C=O) groups is 2. The Hall–Kier alpha value is -1.78. The van der Waals surface area contributed by atoms with Crippen LogP contribution < -0.4 is 5.32 Å². The summed E-state index contributed by atoms with van der Waals surface area (Å²) in [6, 6.07) is 3.48. The zero-order chi connectivity index (χ0) is 13.1. The van der Waals surface area contributed by atoms with Crippen LogP contribution in [-0.2, 0) is 11.3 Å². The Morgan fingerprint density at radius 2 is 2.28 bits per heavy atom. The van der Waals surface area contributed by atoms with E-state index in [1.54, 1.807) is 18.3 Å². The fourth-order valence-electron chi connectivity index (χ4n) is 2.24. The van der Waals surface area contributed by atoms with Crippen LogP contribution >= 0.6 is 0 Å². The lowest BCUT2D eigenvalue weighted by molar-refractivity contribution is -0.137. The minimum atomic E-state index is -0.952. The summed E-state index contributed by atoms with van der Waals surface area (Å²) in [6.45, 7) is 1.82. The Morgan fingerprint density at radius 3 is 2.83 bits per heavy atom. The number of aromatic nitrogens is 1. The van der Waals surface area contributed by atoms with Gasteiger partial charge in [0.15, 0.2) is 0 Å². The summed E-state index contributed by atoms with van der Waals surface area (Å²) in [7, 11) is 0. The lowest BCUT2D eigenvalue weighted by Gasteiger charge is -2.31. The molecule has 0 aliphatic heterocycles. The molecule has 0 bridgehead atoms. The molecule has 5 heteroatoms. The molecule has 1 fully saturated rings. The molecule has 0 spiro atoms. The van der Waals surface area contributed by atoms with Crippen LogP contribution in [0.4, 0.5) is 0 Å². The number of carboxylic acids is 1. The minimum absolute atomic E-state index is 0.152. The maximum atomic E-state index is 12.0. The first-order valence-electron chi connectivity index (χ1n) is 6.25. The van der Waals surface area contributed by atoms with Crippen LogP contribution in [0, 0.1) is 5.92 Å². The maximum Gasteiger partial charge on any atom is 0.323 e. The fraction of sp³-hybridized carbons (Fsp3) is 0.538. The summed E-state index contributed by atoms with van der Waals surface area (Å²) in [5.74, 6) is -0.579. The highest BCUT2D eigenvalue weighted by Gasteiger charge is 2.25. The van der Waals surface area contributed by atoms with Crippen LogP contribution in [0.15, 0.2) is 18.3 Å². The Labute approximate surface area is 106 Å². The molecular formula is C13H18N2O3. The number of amides is 1. The van der Waals surface area contributed by atoms with Crippen LogP contribution in [0.1, 0.15) is 36.7 Å². The minimum Gasteiger partial charge on any atom is -0.480 e. The molecule has 1 heterocycles. The van der Waals surface area contributed by atoms with Gasteiger partial charge in [0.25, 0.3) is 5.91 Å². The van der Waals surface area contributed by atoms with E-state index in [1.807, 2.05) is 6.92 Å². The standard InChI is InChI=1S/C13H18N2O3/c1-9(10-4-2-5-10)14-13(18)11-6-3-7-15(11)8-12(16)17/h3,6-7,9-10H,2,4-5,8H2,1H3,(H,14,18)(H,16,17). The van der Waals surface area contributed by atoms with Crippen molar-refractivity contribution in [3.63, 3.8) is 0 Å². The van der Waals surface area contributed by atoms with Gasteiger partial charge in [-0.05, 0) is 37.8 Å². The lowest BCUT2D eigenvalue weighted by Crippen LogP contribution is -2.41. The zero-order valence-electron chi connectivity index (χ0n) is 10.4. The van der Waals surface area contributed by atoms with E-state index in [0.717, 1.165) is 12.8 Å². The van der Waals surface area contributed by atoms with Crippen molar-refractivity contribution in [1.29, 1.82) is 0 Å². The third-order valence-corrected chi connectivity index (χ3v) is 3.58. The first-order chi connectivity index (χ1) is 8.58. The Kier molecular flexibility index (Phi) is 3.69. The van der Waals surface area contributed by atoms with Gasteiger partial charge in [0.05, 0.1) is 0 Å². The molecule has 1 aromatic rings. The van der Waals surface area contributed by atoms with Crippen molar-refractivity contribution in [3.05, 3.63) is 24.0 Å². The Balaban J connectivity index is 1.99. The monoisotopic (exact) mass is 250 g/mol. The van der Waals surface area contributed by atoms with Crippen molar-refractivity contribution >= 4 is 11.9 Å². The van der Waals surface area contributed by atoms with Crippen molar-refractivity contribution in [1.82, 2.24) is 9.88 Å². The molecular weight excluding hydrogens is 232 g/mol. The summed E-state index contributed by atoms with van der Waals surface area (Å²) >= 11 is 0. The zero-order valence-corrected chi connectivity index (χ0v) is 10.4. The molecule has 1 aromatic heterocycles. The molecule has 18 heavy (non-hydrogen) atoms. The van der Waals surface area contributed by atoms with Gasteiger partial charge in [0.2, 0.25) is 0 Å². The average molecular weight is 250 g/mol. The second-order valence-corrected chi connectivity index (χ2v) is 4.87. The van der Waals surface area contributed by atoms with E-state index in [4.69, 9.17) is 5.11 Å². The van der Waals surface area contributed by atoms with Gasteiger partial charge in [0, 0.05) is 12.2 Å². The van der Waals surface area contributed by atoms with E-state index in [9.17, 15) is 9.59 Å². The van der Waals surface area contributed by atoms with Gasteiger partial charge >= 0.3 is 5.97 Å². The Morgan fingerprint density at radius 1 is 1.56 bits per heavy atom. The van der Waals surface area contributed by atoms with Crippen molar-refractivity contribution in [2.24, 2.45) is 5.92 Å². The number of hydrogen-bond acceptors (Lipinski definition) is 2. The Bertz CT molecular complexity index is 449.